The minimum absolute atomic E-state index is 0.236. The Morgan fingerprint density at radius 2 is 2.11 bits per heavy atom. The minimum atomic E-state index is -0.516. The van der Waals surface area contributed by atoms with Gasteiger partial charge in [-0.15, -0.1) is 0 Å². The van der Waals surface area contributed by atoms with Gasteiger partial charge < -0.3 is 14.8 Å². The highest BCUT2D eigenvalue weighted by molar-refractivity contribution is 6.05. The molecule has 0 bridgehead atoms. The lowest BCUT2D eigenvalue weighted by Gasteiger charge is -2.33. The van der Waals surface area contributed by atoms with Gasteiger partial charge in [0.05, 0.1) is 30.7 Å². The standard InChI is InChI=1S/C29H31FN4O3/c1-6-11-31-27(17(3)30)25-10-9-20-12-16(2)24(14-26(20)37-25)34-15-21-23(33-29(34)35)13-22(18(4)36-5)32-28(21)19-7-8-19/h6,11-14,19,25H,1,4,7-10,15H2,2-3,5H3,(H,33,35)/b27-17+,31-11?. The first-order chi connectivity index (χ1) is 17.8. The number of rotatable bonds is 7. The number of anilines is 2. The molecule has 5 rings (SSSR count). The molecule has 1 fully saturated rings. The van der Waals surface area contributed by atoms with Gasteiger partial charge in [-0.25, -0.2) is 14.2 Å². The first kappa shape index (κ1) is 24.7. The number of nitrogens with one attached hydrogen (secondary N) is 1. The van der Waals surface area contributed by atoms with E-state index in [-0.39, 0.29) is 17.6 Å². The summed E-state index contributed by atoms with van der Waals surface area (Å²) < 4.78 is 25.8. The van der Waals surface area contributed by atoms with E-state index >= 15 is 0 Å². The predicted molar refractivity (Wildman–Crippen MR) is 144 cm³/mol. The highest BCUT2D eigenvalue weighted by atomic mass is 19.1. The molecule has 3 heterocycles. The fourth-order valence-corrected chi connectivity index (χ4v) is 4.97. The van der Waals surface area contributed by atoms with Gasteiger partial charge in [-0.2, -0.15) is 0 Å². The molecule has 1 aromatic heterocycles. The molecule has 0 saturated heterocycles. The van der Waals surface area contributed by atoms with Crippen LogP contribution in [-0.4, -0.2) is 30.4 Å². The van der Waals surface area contributed by atoms with Gasteiger partial charge >= 0.3 is 6.03 Å². The van der Waals surface area contributed by atoms with Crippen LogP contribution in [0.15, 0.2) is 53.9 Å². The number of benzene rings is 1. The first-order valence-corrected chi connectivity index (χ1v) is 12.5. The molecule has 0 spiro atoms. The van der Waals surface area contributed by atoms with E-state index in [4.69, 9.17) is 14.5 Å². The van der Waals surface area contributed by atoms with Crippen LogP contribution >= 0.6 is 0 Å². The van der Waals surface area contributed by atoms with Crippen LogP contribution in [-0.2, 0) is 17.7 Å². The number of halogens is 1. The van der Waals surface area contributed by atoms with Gasteiger partial charge in [0, 0.05) is 23.8 Å². The Labute approximate surface area is 216 Å². The van der Waals surface area contributed by atoms with Crippen molar-refractivity contribution >= 4 is 29.4 Å². The Morgan fingerprint density at radius 3 is 2.78 bits per heavy atom. The van der Waals surface area contributed by atoms with Crippen molar-refractivity contribution in [2.75, 3.05) is 17.3 Å². The second-order valence-electron chi connectivity index (χ2n) is 9.66. The van der Waals surface area contributed by atoms with Crippen LogP contribution in [0.4, 0.5) is 20.6 Å². The molecule has 7 nitrogen and oxygen atoms in total. The van der Waals surface area contributed by atoms with E-state index in [9.17, 15) is 9.18 Å². The van der Waals surface area contributed by atoms with Crippen molar-refractivity contribution in [2.24, 2.45) is 4.99 Å². The maximum absolute atomic E-state index is 14.3. The second-order valence-corrected chi connectivity index (χ2v) is 9.66. The first-order valence-electron chi connectivity index (χ1n) is 12.5. The van der Waals surface area contributed by atoms with E-state index in [2.05, 4.69) is 23.5 Å². The number of allylic oxidation sites excluding steroid dienone is 2. The number of ether oxygens (including phenoxy) is 2. The number of aryl methyl sites for hydroxylation is 2. The zero-order chi connectivity index (χ0) is 26.3. The van der Waals surface area contributed by atoms with Crippen molar-refractivity contribution in [1.29, 1.82) is 0 Å². The number of aliphatic imine (C=N–C) groups is 1. The molecule has 37 heavy (non-hydrogen) atoms. The van der Waals surface area contributed by atoms with Crippen LogP contribution < -0.4 is 15.0 Å². The van der Waals surface area contributed by atoms with Gasteiger partial charge in [0.15, 0.2) is 0 Å². The zero-order valence-corrected chi connectivity index (χ0v) is 21.4. The largest absolute Gasteiger partial charge is 0.495 e. The summed E-state index contributed by atoms with van der Waals surface area (Å²) in [6.07, 6.45) is 5.93. The molecule has 2 amide bonds. The van der Waals surface area contributed by atoms with Gasteiger partial charge in [0.1, 0.15) is 34.8 Å². The predicted octanol–water partition coefficient (Wildman–Crippen LogP) is 6.59. The number of hydrogen-bond acceptors (Lipinski definition) is 5. The number of hydrogen-bond donors (Lipinski definition) is 1. The monoisotopic (exact) mass is 502 g/mol. The Kier molecular flexibility index (Phi) is 6.58. The van der Waals surface area contributed by atoms with Crippen molar-refractivity contribution in [2.45, 2.75) is 58.1 Å². The Balaban J connectivity index is 1.49. The molecule has 3 aliphatic rings. The van der Waals surface area contributed by atoms with Gasteiger partial charge in [-0.05, 0) is 56.7 Å². The fraction of sp³-hybridized carbons (Fsp3) is 0.345. The van der Waals surface area contributed by atoms with E-state index in [1.165, 1.54) is 19.2 Å². The molecule has 0 radical (unpaired) electrons. The molecule has 1 saturated carbocycles. The average Bonchev–Trinajstić information content (AvgIpc) is 3.72. The molecule has 1 aliphatic carbocycles. The van der Waals surface area contributed by atoms with Crippen molar-refractivity contribution < 1.29 is 18.7 Å². The van der Waals surface area contributed by atoms with Crippen LogP contribution in [0.3, 0.4) is 0 Å². The maximum atomic E-state index is 14.3. The lowest BCUT2D eigenvalue weighted by molar-refractivity contribution is 0.202. The van der Waals surface area contributed by atoms with Crippen molar-refractivity contribution in [1.82, 2.24) is 4.98 Å². The van der Waals surface area contributed by atoms with Crippen LogP contribution in [0.1, 0.15) is 60.2 Å². The number of fused-ring (bicyclic) bond motifs is 2. The van der Waals surface area contributed by atoms with E-state index in [1.807, 2.05) is 25.1 Å². The topological polar surface area (TPSA) is 76.0 Å². The molecular formula is C29H31FN4O3. The number of amides is 2. The van der Waals surface area contributed by atoms with E-state index in [0.29, 0.717) is 36.1 Å². The number of pyridine rings is 1. The molecular weight excluding hydrogens is 471 g/mol. The smallest absolute Gasteiger partial charge is 0.326 e. The van der Waals surface area contributed by atoms with Gasteiger partial charge in [0.25, 0.3) is 0 Å². The number of carbonyl (C=O) groups is 1. The summed E-state index contributed by atoms with van der Waals surface area (Å²) >= 11 is 0. The molecule has 1 aromatic carbocycles. The Morgan fingerprint density at radius 1 is 1.32 bits per heavy atom. The summed E-state index contributed by atoms with van der Waals surface area (Å²) in [5.41, 5.74) is 6.35. The number of urea groups is 1. The van der Waals surface area contributed by atoms with E-state index in [1.54, 1.807) is 12.0 Å². The molecule has 8 heteroatoms. The summed E-state index contributed by atoms with van der Waals surface area (Å²) in [5.74, 6) is 1.08. The van der Waals surface area contributed by atoms with Crippen molar-refractivity contribution in [3.05, 3.63) is 77.0 Å². The number of aromatic nitrogens is 1. The summed E-state index contributed by atoms with van der Waals surface area (Å²) in [6.45, 7) is 11.3. The molecule has 1 unspecified atom stereocenters. The Bertz CT molecular complexity index is 1360. The summed E-state index contributed by atoms with van der Waals surface area (Å²) in [5, 5.41) is 3.05. The third kappa shape index (κ3) is 4.75. The Hall–Kier alpha value is -3.94. The molecule has 192 valence electrons. The summed E-state index contributed by atoms with van der Waals surface area (Å²) in [4.78, 5) is 24.1. The highest BCUT2D eigenvalue weighted by Crippen LogP contribution is 2.45. The highest BCUT2D eigenvalue weighted by Gasteiger charge is 2.35. The van der Waals surface area contributed by atoms with Gasteiger partial charge in [-0.3, -0.25) is 9.89 Å². The molecule has 1 N–H and O–H groups in total. The lowest BCUT2D eigenvalue weighted by atomic mass is 9.96. The van der Waals surface area contributed by atoms with Crippen molar-refractivity contribution in [3.8, 4) is 5.75 Å². The van der Waals surface area contributed by atoms with Gasteiger partial charge in [0.2, 0.25) is 0 Å². The number of nitrogens with zero attached hydrogens (tertiary/aromatic N) is 3. The normalized spacial score (nSPS) is 19.4. The SMILES string of the molecule is C=CC=N/C(=C(\C)F)C1CCc2cc(C)c(N3Cc4c(cc(C(=C)OC)nc4C4CC4)NC3=O)cc2O1. The average molecular weight is 503 g/mol. The summed E-state index contributed by atoms with van der Waals surface area (Å²) in [7, 11) is 1.56. The van der Waals surface area contributed by atoms with Crippen LogP contribution in [0.5, 0.6) is 5.75 Å². The number of methoxy groups -OCH3 is 1. The third-order valence-electron chi connectivity index (χ3n) is 7.05. The molecule has 2 aromatic rings. The van der Waals surface area contributed by atoms with E-state index in [0.717, 1.165) is 53.0 Å². The van der Waals surface area contributed by atoms with Crippen LogP contribution in [0.2, 0.25) is 0 Å². The molecule has 2 aliphatic heterocycles. The van der Waals surface area contributed by atoms with Crippen LogP contribution in [0, 0.1) is 6.92 Å². The van der Waals surface area contributed by atoms with Crippen LogP contribution in [0.25, 0.3) is 5.76 Å². The fourth-order valence-electron chi connectivity index (χ4n) is 4.97. The number of carbonyl (C=O) groups excluding carboxylic acids is 1. The van der Waals surface area contributed by atoms with Gasteiger partial charge in [-0.1, -0.05) is 25.3 Å². The zero-order valence-electron chi connectivity index (χ0n) is 21.4. The van der Waals surface area contributed by atoms with E-state index < -0.39 is 6.10 Å². The summed E-state index contributed by atoms with van der Waals surface area (Å²) in [6, 6.07) is 5.52. The second kappa shape index (κ2) is 9.84. The van der Waals surface area contributed by atoms with Crippen molar-refractivity contribution in [3.63, 3.8) is 0 Å². The third-order valence-corrected chi connectivity index (χ3v) is 7.05. The lowest BCUT2D eigenvalue weighted by Crippen LogP contribution is -2.40. The maximum Gasteiger partial charge on any atom is 0.326 e. The molecule has 1 atom stereocenters. The minimum Gasteiger partial charge on any atom is -0.495 e. The quantitative estimate of drug-likeness (QED) is 0.342.